The first-order chi connectivity index (χ1) is 14.7. The molecule has 1 aromatic heterocycles. The number of hydrogen-bond donors (Lipinski definition) is 1. The molecule has 0 spiro atoms. The number of nitrogens with one attached hydrogen (secondary N) is 1. The molecule has 0 amide bonds. The van der Waals surface area contributed by atoms with E-state index >= 15 is 0 Å². The summed E-state index contributed by atoms with van der Waals surface area (Å²) in [7, 11) is 1.66. The normalized spacial score (nSPS) is 14.5. The molecule has 0 aliphatic heterocycles. The Morgan fingerprint density at radius 2 is 1.93 bits per heavy atom. The lowest BCUT2D eigenvalue weighted by Gasteiger charge is -2.21. The van der Waals surface area contributed by atoms with Gasteiger partial charge < -0.3 is 10.1 Å². The Kier molecular flexibility index (Phi) is 6.84. The van der Waals surface area contributed by atoms with Gasteiger partial charge in [0.15, 0.2) is 5.82 Å². The molecule has 4 rings (SSSR count). The van der Waals surface area contributed by atoms with E-state index in [2.05, 4.69) is 50.2 Å². The number of ether oxygens (including phenoxy) is 1. The summed E-state index contributed by atoms with van der Waals surface area (Å²) >= 11 is 2.09. The van der Waals surface area contributed by atoms with Crippen LogP contribution in [0, 0.1) is 6.92 Å². The molecular weight excluding hydrogens is 392 g/mol. The molecule has 0 radical (unpaired) electrons. The van der Waals surface area contributed by atoms with E-state index in [9.17, 15) is 0 Å². The molecule has 156 valence electrons. The van der Waals surface area contributed by atoms with Crippen molar-refractivity contribution < 1.29 is 4.74 Å². The van der Waals surface area contributed by atoms with Gasteiger partial charge in [-0.1, -0.05) is 37.5 Å². The highest BCUT2D eigenvalue weighted by atomic mass is 32.2. The van der Waals surface area contributed by atoms with Gasteiger partial charge in [0, 0.05) is 16.7 Å². The fourth-order valence-electron chi connectivity index (χ4n) is 3.78. The van der Waals surface area contributed by atoms with Crippen molar-refractivity contribution in [2.24, 2.45) is 0 Å². The number of aromatic nitrogens is 3. The van der Waals surface area contributed by atoms with Crippen LogP contribution >= 0.6 is 11.8 Å². The Labute approximate surface area is 182 Å². The average Bonchev–Trinajstić information content (AvgIpc) is 2.79. The Morgan fingerprint density at radius 1 is 1.07 bits per heavy atom. The predicted octanol–water partition coefficient (Wildman–Crippen LogP) is 6.17. The second kappa shape index (κ2) is 9.94. The molecule has 30 heavy (non-hydrogen) atoms. The third kappa shape index (κ3) is 5.30. The first-order valence-corrected chi connectivity index (χ1v) is 11.6. The maximum atomic E-state index is 5.51. The van der Waals surface area contributed by atoms with Crippen molar-refractivity contribution in [2.75, 3.05) is 12.4 Å². The summed E-state index contributed by atoms with van der Waals surface area (Å²) in [5.74, 6) is 2.92. The second-order valence-corrected chi connectivity index (χ2v) is 9.02. The Bertz CT molecular complexity index is 988. The number of hydrogen-bond acceptors (Lipinski definition) is 6. The summed E-state index contributed by atoms with van der Waals surface area (Å²) in [6.07, 6.45) is 8.42. The zero-order valence-corrected chi connectivity index (χ0v) is 18.4. The summed E-state index contributed by atoms with van der Waals surface area (Å²) < 4.78 is 5.51. The van der Waals surface area contributed by atoms with Crippen LogP contribution in [-0.2, 0) is 5.75 Å². The highest BCUT2D eigenvalue weighted by Crippen LogP contribution is 2.31. The zero-order valence-electron chi connectivity index (χ0n) is 17.6. The first kappa shape index (κ1) is 20.7. The first-order valence-electron chi connectivity index (χ1n) is 10.5. The van der Waals surface area contributed by atoms with Crippen molar-refractivity contribution >= 4 is 23.4 Å². The molecule has 5 nitrogen and oxygen atoms in total. The van der Waals surface area contributed by atoms with Crippen molar-refractivity contribution in [3.8, 4) is 17.1 Å². The maximum absolute atomic E-state index is 5.51. The molecule has 1 N–H and O–H groups in total. The second-order valence-electron chi connectivity index (χ2n) is 7.73. The van der Waals surface area contributed by atoms with Crippen LogP contribution in [-0.4, -0.2) is 27.3 Å². The molecule has 3 aromatic rings. The number of benzene rings is 2. The molecule has 0 atom stereocenters. The van der Waals surface area contributed by atoms with E-state index in [0.717, 1.165) is 33.6 Å². The Balaban J connectivity index is 1.46. The number of rotatable bonds is 7. The quantitative estimate of drug-likeness (QED) is 0.493. The van der Waals surface area contributed by atoms with Crippen LogP contribution in [0.25, 0.3) is 11.4 Å². The third-order valence-electron chi connectivity index (χ3n) is 5.39. The van der Waals surface area contributed by atoms with Gasteiger partial charge in [-0.05, 0) is 55.2 Å². The van der Waals surface area contributed by atoms with Crippen molar-refractivity contribution in [2.45, 2.75) is 50.0 Å². The standard InChI is InChI=1S/C24H28N4OS/c1-17-11-12-21(22(13-17)29-2)23-25-16-26-24(28-23)27-19-8-6-7-18(14-19)15-30-20-9-4-3-5-10-20/h6-8,11-14,16,20H,3-5,9-10,15H2,1-2H3,(H,25,26,27,28). The molecular formula is C24H28N4OS. The lowest BCUT2D eigenvalue weighted by Crippen LogP contribution is -2.08. The predicted molar refractivity (Wildman–Crippen MR) is 124 cm³/mol. The van der Waals surface area contributed by atoms with Gasteiger partial charge in [-0.15, -0.1) is 0 Å². The smallest absolute Gasteiger partial charge is 0.230 e. The molecule has 1 fully saturated rings. The van der Waals surface area contributed by atoms with Gasteiger partial charge in [0.2, 0.25) is 5.95 Å². The highest BCUT2D eigenvalue weighted by Gasteiger charge is 2.14. The van der Waals surface area contributed by atoms with Gasteiger partial charge >= 0.3 is 0 Å². The molecule has 2 aromatic carbocycles. The van der Waals surface area contributed by atoms with E-state index in [0.29, 0.717) is 11.8 Å². The SMILES string of the molecule is COc1cc(C)ccc1-c1ncnc(Nc2cccc(CSC3CCCCC3)c2)n1. The monoisotopic (exact) mass is 420 g/mol. The van der Waals surface area contributed by atoms with Gasteiger partial charge in [0.05, 0.1) is 12.7 Å². The van der Waals surface area contributed by atoms with Crippen molar-refractivity contribution in [3.05, 3.63) is 59.9 Å². The number of thioether (sulfide) groups is 1. The van der Waals surface area contributed by atoms with Gasteiger partial charge in [-0.2, -0.15) is 16.7 Å². The van der Waals surface area contributed by atoms with Crippen LogP contribution in [0.15, 0.2) is 48.8 Å². The number of anilines is 2. The van der Waals surface area contributed by atoms with Gasteiger partial charge in [-0.3, -0.25) is 0 Å². The Morgan fingerprint density at radius 3 is 2.77 bits per heavy atom. The molecule has 6 heteroatoms. The summed E-state index contributed by atoms with van der Waals surface area (Å²) in [4.78, 5) is 13.3. The van der Waals surface area contributed by atoms with E-state index in [1.165, 1.54) is 44.0 Å². The van der Waals surface area contributed by atoms with E-state index in [1.807, 2.05) is 31.2 Å². The molecule has 1 saturated carbocycles. The van der Waals surface area contributed by atoms with E-state index in [4.69, 9.17) is 4.74 Å². The summed E-state index contributed by atoms with van der Waals surface area (Å²) in [5.41, 5.74) is 4.30. The topological polar surface area (TPSA) is 59.9 Å². The lowest BCUT2D eigenvalue weighted by molar-refractivity contribution is 0.416. The lowest BCUT2D eigenvalue weighted by atomic mass is 10.0. The maximum Gasteiger partial charge on any atom is 0.230 e. The number of methoxy groups -OCH3 is 1. The summed E-state index contributed by atoms with van der Waals surface area (Å²) in [6, 6.07) is 14.5. The third-order valence-corrected chi connectivity index (χ3v) is 6.83. The van der Waals surface area contributed by atoms with E-state index < -0.39 is 0 Å². The van der Waals surface area contributed by atoms with Gasteiger partial charge in [0.25, 0.3) is 0 Å². The molecule has 1 heterocycles. The minimum atomic E-state index is 0.528. The molecule has 1 aliphatic rings. The number of nitrogens with zero attached hydrogens (tertiary/aromatic N) is 3. The summed E-state index contributed by atoms with van der Waals surface area (Å²) in [6.45, 7) is 2.03. The highest BCUT2D eigenvalue weighted by molar-refractivity contribution is 7.99. The minimum absolute atomic E-state index is 0.528. The van der Waals surface area contributed by atoms with Crippen LogP contribution in [0.4, 0.5) is 11.6 Å². The fourth-order valence-corrected chi connectivity index (χ4v) is 5.06. The molecule has 0 unspecified atom stereocenters. The molecule has 0 saturated heterocycles. The van der Waals surface area contributed by atoms with Crippen LogP contribution in [0.2, 0.25) is 0 Å². The van der Waals surface area contributed by atoms with Crippen molar-refractivity contribution in [1.29, 1.82) is 0 Å². The number of aryl methyl sites for hydroxylation is 1. The van der Waals surface area contributed by atoms with Crippen LogP contribution in [0.3, 0.4) is 0 Å². The summed E-state index contributed by atoms with van der Waals surface area (Å²) in [5, 5.41) is 4.14. The van der Waals surface area contributed by atoms with Crippen LogP contribution in [0.5, 0.6) is 5.75 Å². The van der Waals surface area contributed by atoms with E-state index in [1.54, 1.807) is 7.11 Å². The van der Waals surface area contributed by atoms with Crippen LogP contribution < -0.4 is 10.1 Å². The molecule has 0 bridgehead atoms. The van der Waals surface area contributed by atoms with Crippen LogP contribution in [0.1, 0.15) is 43.2 Å². The van der Waals surface area contributed by atoms with Gasteiger partial charge in [0.1, 0.15) is 12.1 Å². The largest absolute Gasteiger partial charge is 0.496 e. The van der Waals surface area contributed by atoms with Crippen molar-refractivity contribution in [3.63, 3.8) is 0 Å². The molecule has 1 aliphatic carbocycles. The zero-order chi connectivity index (χ0) is 20.8. The van der Waals surface area contributed by atoms with Crippen molar-refractivity contribution in [1.82, 2.24) is 15.0 Å². The Hall–Kier alpha value is -2.60. The van der Waals surface area contributed by atoms with E-state index in [-0.39, 0.29) is 0 Å². The fraction of sp³-hybridized carbons (Fsp3) is 0.375. The van der Waals surface area contributed by atoms with Gasteiger partial charge in [-0.25, -0.2) is 9.97 Å². The minimum Gasteiger partial charge on any atom is -0.496 e. The average molecular weight is 421 g/mol.